The first-order valence-corrected chi connectivity index (χ1v) is 14.6. The number of methoxy groups -OCH3 is 1. The number of nitrogens with one attached hydrogen (secondary N) is 1. The van der Waals surface area contributed by atoms with Crippen molar-refractivity contribution in [2.45, 2.75) is 78.4 Å². The standard InChI is InChI=1S/C29H43N3O5S/c1-10-25(27(34)30-29(5,6)7)31(19-21-12-11-13-24(18-21)37-8)26(33)20-32(38(9,35)36)23-16-14-22(15-17-23)28(2,3)4/h11-18,25H,10,19-20H2,1-9H3,(H,30,34). The lowest BCUT2D eigenvalue weighted by molar-refractivity contribution is -0.141. The van der Waals surface area contributed by atoms with Crippen molar-refractivity contribution >= 4 is 27.5 Å². The summed E-state index contributed by atoms with van der Waals surface area (Å²) in [5, 5.41) is 2.96. The van der Waals surface area contributed by atoms with E-state index in [1.165, 1.54) is 4.90 Å². The summed E-state index contributed by atoms with van der Waals surface area (Å²) in [5.74, 6) is -0.149. The maximum atomic E-state index is 13.8. The van der Waals surface area contributed by atoms with Crippen LogP contribution in [0.25, 0.3) is 0 Å². The summed E-state index contributed by atoms with van der Waals surface area (Å²) in [7, 11) is -2.24. The van der Waals surface area contributed by atoms with Crippen molar-refractivity contribution < 1.29 is 22.7 Å². The van der Waals surface area contributed by atoms with E-state index in [0.29, 0.717) is 17.9 Å². The lowest BCUT2D eigenvalue weighted by atomic mass is 9.87. The van der Waals surface area contributed by atoms with Crippen LogP contribution in [0.4, 0.5) is 5.69 Å². The van der Waals surface area contributed by atoms with E-state index in [1.807, 2.05) is 52.0 Å². The van der Waals surface area contributed by atoms with Crippen molar-refractivity contribution in [3.63, 3.8) is 0 Å². The van der Waals surface area contributed by atoms with Crippen molar-refractivity contribution in [3.8, 4) is 5.75 Å². The number of amides is 2. The second-order valence-corrected chi connectivity index (χ2v) is 13.5. The minimum atomic E-state index is -3.79. The van der Waals surface area contributed by atoms with Crippen LogP contribution >= 0.6 is 0 Å². The lowest BCUT2D eigenvalue weighted by Gasteiger charge is -2.34. The van der Waals surface area contributed by atoms with Gasteiger partial charge >= 0.3 is 0 Å². The Kier molecular flexibility index (Phi) is 10.00. The SMILES string of the molecule is CCC(C(=O)NC(C)(C)C)N(Cc1cccc(OC)c1)C(=O)CN(c1ccc(C(C)(C)C)cc1)S(C)(=O)=O. The van der Waals surface area contributed by atoms with Gasteiger partial charge in [0.2, 0.25) is 21.8 Å². The number of anilines is 1. The molecule has 2 aromatic rings. The molecule has 0 fully saturated rings. The topological polar surface area (TPSA) is 96.0 Å². The van der Waals surface area contributed by atoms with Crippen molar-refractivity contribution in [1.29, 1.82) is 0 Å². The van der Waals surface area contributed by atoms with E-state index in [2.05, 4.69) is 26.1 Å². The van der Waals surface area contributed by atoms with Crippen LogP contribution < -0.4 is 14.4 Å². The van der Waals surface area contributed by atoms with Crippen molar-refractivity contribution in [2.75, 3.05) is 24.2 Å². The van der Waals surface area contributed by atoms with Gasteiger partial charge < -0.3 is 15.0 Å². The molecule has 2 aromatic carbocycles. The molecule has 0 saturated carbocycles. The van der Waals surface area contributed by atoms with Crippen LogP contribution in [0, 0.1) is 0 Å². The van der Waals surface area contributed by atoms with Crippen LogP contribution in [0.5, 0.6) is 5.75 Å². The summed E-state index contributed by atoms with van der Waals surface area (Å²) >= 11 is 0. The van der Waals surface area contributed by atoms with E-state index in [-0.39, 0.29) is 17.9 Å². The van der Waals surface area contributed by atoms with Crippen molar-refractivity contribution in [2.24, 2.45) is 0 Å². The number of benzene rings is 2. The van der Waals surface area contributed by atoms with Gasteiger partial charge in [0, 0.05) is 12.1 Å². The van der Waals surface area contributed by atoms with Gasteiger partial charge in [-0.1, -0.05) is 52.0 Å². The van der Waals surface area contributed by atoms with Gasteiger partial charge in [-0.3, -0.25) is 13.9 Å². The first kappa shape index (κ1) is 31.1. The molecule has 0 aromatic heterocycles. The van der Waals surface area contributed by atoms with Gasteiger partial charge in [-0.2, -0.15) is 0 Å². The largest absolute Gasteiger partial charge is 0.497 e. The number of nitrogens with zero attached hydrogens (tertiary/aromatic N) is 2. The fraction of sp³-hybridized carbons (Fsp3) is 0.517. The van der Waals surface area contributed by atoms with Gasteiger partial charge in [0.05, 0.1) is 19.1 Å². The number of rotatable bonds is 10. The first-order valence-electron chi connectivity index (χ1n) is 12.8. The van der Waals surface area contributed by atoms with Gasteiger partial charge in [0.25, 0.3) is 0 Å². The second kappa shape index (κ2) is 12.2. The Morgan fingerprint density at radius 1 is 1.00 bits per heavy atom. The summed E-state index contributed by atoms with van der Waals surface area (Å²) in [6.07, 6.45) is 1.44. The van der Waals surface area contributed by atoms with Crippen LogP contribution in [-0.4, -0.2) is 56.6 Å². The molecular weight excluding hydrogens is 502 g/mol. The normalized spacial score (nSPS) is 13.0. The highest BCUT2D eigenvalue weighted by molar-refractivity contribution is 7.92. The van der Waals surface area contributed by atoms with Gasteiger partial charge in [-0.15, -0.1) is 0 Å². The molecule has 38 heavy (non-hydrogen) atoms. The Hall–Kier alpha value is -3.07. The molecule has 0 aliphatic carbocycles. The zero-order chi connectivity index (χ0) is 28.9. The van der Waals surface area contributed by atoms with Gasteiger partial charge in [-0.05, 0) is 68.0 Å². The molecule has 0 saturated heterocycles. The van der Waals surface area contributed by atoms with E-state index in [1.54, 1.807) is 31.4 Å². The van der Waals surface area contributed by atoms with Crippen LogP contribution in [0.1, 0.15) is 66.0 Å². The molecule has 8 nitrogen and oxygen atoms in total. The summed E-state index contributed by atoms with van der Waals surface area (Å²) in [6, 6.07) is 13.6. The average Bonchev–Trinajstić information content (AvgIpc) is 2.80. The predicted molar refractivity (Wildman–Crippen MR) is 153 cm³/mol. The summed E-state index contributed by atoms with van der Waals surface area (Å²) in [5.41, 5.74) is 1.60. The van der Waals surface area contributed by atoms with E-state index in [9.17, 15) is 18.0 Å². The zero-order valence-electron chi connectivity index (χ0n) is 24.2. The molecule has 1 atom stereocenters. The molecule has 9 heteroatoms. The van der Waals surface area contributed by atoms with Crippen molar-refractivity contribution in [1.82, 2.24) is 10.2 Å². The zero-order valence-corrected chi connectivity index (χ0v) is 25.0. The molecule has 1 N–H and O–H groups in total. The van der Waals surface area contributed by atoms with E-state index >= 15 is 0 Å². The van der Waals surface area contributed by atoms with Gasteiger partial charge in [0.1, 0.15) is 18.3 Å². The maximum absolute atomic E-state index is 13.8. The monoisotopic (exact) mass is 545 g/mol. The molecule has 0 spiro atoms. The molecule has 0 bridgehead atoms. The third-order valence-electron chi connectivity index (χ3n) is 6.07. The van der Waals surface area contributed by atoms with Crippen LogP contribution in [0.2, 0.25) is 0 Å². The Labute approximate surface area is 228 Å². The van der Waals surface area contributed by atoms with Crippen molar-refractivity contribution in [3.05, 3.63) is 59.7 Å². The number of carbonyl (C=O) groups excluding carboxylic acids is 2. The van der Waals surface area contributed by atoms with E-state index < -0.39 is 34.1 Å². The number of ether oxygens (including phenoxy) is 1. The fourth-order valence-corrected chi connectivity index (χ4v) is 4.93. The highest BCUT2D eigenvalue weighted by atomic mass is 32.2. The fourth-order valence-electron chi connectivity index (χ4n) is 4.08. The Morgan fingerprint density at radius 3 is 2.08 bits per heavy atom. The number of hydrogen-bond acceptors (Lipinski definition) is 5. The Balaban J connectivity index is 2.48. The smallest absolute Gasteiger partial charge is 0.244 e. The molecule has 210 valence electrons. The Bertz CT molecular complexity index is 1210. The van der Waals surface area contributed by atoms with Crippen LogP contribution in [0.15, 0.2) is 48.5 Å². The number of hydrogen-bond donors (Lipinski definition) is 1. The highest BCUT2D eigenvalue weighted by Gasteiger charge is 2.33. The minimum Gasteiger partial charge on any atom is -0.497 e. The molecule has 0 aliphatic rings. The average molecular weight is 546 g/mol. The first-order chi connectivity index (χ1) is 17.5. The Morgan fingerprint density at radius 2 is 1.61 bits per heavy atom. The van der Waals surface area contributed by atoms with Crippen LogP contribution in [0.3, 0.4) is 0 Å². The highest BCUT2D eigenvalue weighted by Crippen LogP contribution is 2.26. The summed E-state index contributed by atoms with van der Waals surface area (Å²) in [4.78, 5) is 28.6. The van der Waals surface area contributed by atoms with Gasteiger partial charge in [-0.25, -0.2) is 8.42 Å². The van der Waals surface area contributed by atoms with E-state index in [0.717, 1.165) is 21.7 Å². The molecule has 0 radical (unpaired) electrons. The predicted octanol–water partition coefficient (Wildman–Crippen LogP) is 4.48. The molecule has 2 rings (SSSR count). The third kappa shape index (κ3) is 8.75. The van der Waals surface area contributed by atoms with Crippen LogP contribution in [-0.2, 0) is 31.6 Å². The number of carbonyl (C=O) groups is 2. The lowest BCUT2D eigenvalue weighted by Crippen LogP contribution is -2.55. The van der Waals surface area contributed by atoms with Gasteiger partial charge in [0.15, 0.2) is 0 Å². The molecule has 1 unspecified atom stereocenters. The quantitative estimate of drug-likeness (QED) is 0.475. The maximum Gasteiger partial charge on any atom is 0.244 e. The minimum absolute atomic E-state index is 0.105. The molecule has 0 aliphatic heterocycles. The second-order valence-electron chi connectivity index (χ2n) is 11.6. The number of sulfonamides is 1. The third-order valence-corrected chi connectivity index (χ3v) is 7.21. The van der Waals surface area contributed by atoms with E-state index in [4.69, 9.17) is 4.74 Å². The summed E-state index contributed by atoms with van der Waals surface area (Å²) in [6.45, 7) is 13.4. The molecular formula is C29H43N3O5S. The summed E-state index contributed by atoms with van der Waals surface area (Å²) < 4.78 is 32.1. The molecule has 2 amide bonds. The molecule has 0 heterocycles.